The second-order valence-corrected chi connectivity index (χ2v) is 4.06. The fourth-order valence-corrected chi connectivity index (χ4v) is 0.848. The van der Waals surface area contributed by atoms with E-state index in [0.29, 0.717) is 5.70 Å². The number of halogens is 3. The molecule has 0 radical (unpaired) electrons. The lowest BCUT2D eigenvalue weighted by molar-refractivity contribution is -0.0565. The number of rotatable bonds is 6. The van der Waals surface area contributed by atoms with Crippen molar-refractivity contribution in [2.75, 3.05) is 13.2 Å². The molecule has 0 amide bonds. The number of hydroxylamine groups is 1. The van der Waals surface area contributed by atoms with E-state index < -0.39 is 22.2 Å². The molecule has 5 nitrogen and oxygen atoms in total. The zero-order valence-corrected chi connectivity index (χ0v) is 8.61. The van der Waals surface area contributed by atoms with Crippen molar-refractivity contribution in [3.63, 3.8) is 0 Å². The minimum Gasteiger partial charge on any atom is -0.274 e. The monoisotopic (exact) mass is 249 g/mol. The third kappa shape index (κ3) is 5.60. The van der Waals surface area contributed by atoms with Crippen LogP contribution < -0.4 is 5.48 Å². The molecule has 0 saturated heterocycles. The molecule has 1 N–H and O–H groups in total. The van der Waals surface area contributed by atoms with Gasteiger partial charge < -0.3 is 0 Å². The number of alkyl halides is 3. The van der Waals surface area contributed by atoms with Gasteiger partial charge in [-0.15, -0.1) is 0 Å². The van der Waals surface area contributed by atoms with Gasteiger partial charge in [-0.25, -0.2) is 0 Å². The van der Waals surface area contributed by atoms with Crippen molar-refractivity contribution in [3.05, 3.63) is 12.3 Å². The minimum atomic E-state index is -5.53. The van der Waals surface area contributed by atoms with Gasteiger partial charge in [0.1, 0.15) is 0 Å². The summed E-state index contributed by atoms with van der Waals surface area (Å²) in [5, 5.41) is 0. The smallest absolute Gasteiger partial charge is 0.274 e. The maximum atomic E-state index is 11.7. The molecule has 0 fully saturated rings. The summed E-state index contributed by atoms with van der Waals surface area (Å²) in [6.45, 7) is 3.82. The lowest BCUT2D eigenvalue weighted by Gasteiger charge is -2.09. The van der Waals surface area contributed by atoms with Gasteiger partial charge in [-0.1, -0.05) is 6.58 Å². The molecule has 90 valence electrons. The van der Waals surface area contributed by atoms with Crippen LogP contribution in [-0.4, -0.2) is 27.1 Å². The quantitative estimate of drug-likeness (QED) is 0.328. The third-order valence-corrected chi connectivity index (χ3v) is 2.00. The second-order valence-electron chi connectivity index (χ2n) is 2.45. The van der Waals surface area contributed by atoms with E-state index in [-0.39, 0.29) is 6.61 Å². The van der Waals surface area contributed by atoms with Crippen molar-refractivity contribution < 1.29 is 30.6 Å². The normalized spacial score (nSPS) is 12.5. The van der Waals surface area contributed by atoms with E-state index in [9.17, 15) is 21.6 Å². The number of allylic oxidation sites excluding steroid dienone is 1. The van der Waals surface area contributed by atoms with Crippen LogP contribution in [0.25, 0.3) is 0 Å². The van der Waals surface area contributed by atoms with Crippen molar-refractivity contribution in [2.45, 2.75) is 12.4 Å². The summed E-state index contributed by atoms with van der Waals surface area (Å²) in [5.74, 6) is 0. The molecule has 0 aromatic carbocycles. The zero-order valence-electron chi connectivity index (χ0n) is 7.80. The van der Waals surface area contributed by atoms with Gasteiger partial charge in [0.25, 0.3) is 0 Å². The van der Waals surface area contributed by atoms with Gasteiger partial charge in [0, 0.05) is 5.70 Å². The summed E-state index contributed by atoms with van der Waals surface area (Å²) in [4.78, 5) is 4.50. The van der Waals surface area contributed by atoms with Crippen LogP contribution >= 0.6 is 0 Å². The Morgan fingerprint density at radius 2 is 1.93 bits per heavy atom. The molecule has 0 aromatic rings. The van der Waals surface area contributed by atoms with E-state index in [1.54, 1.807) is 6.92 Å². The van der Waals surface area contributed by atoms with Gasteiger partial charge in [0.05, 0.1) is 13.2 Å². The first-order valence-corrected chi connectivity index (χ1v) is 5.06. The summed E-state index contributed by atoms with van der Waals surface area (Å²) < 4.78 is 59.3. The molecule has 0 aromatic heterocycles. The Bertz CT molecular complexity index is 311. The molecule has 0 unspecified atom stereocenters. The topological polar surface area (TPSA) is 64.6 Å². The van der Waals surface area contributed by atoms with Crippen LogP contribution in [0.2, 0.25) is 0 Å². The van der Waals surface area contributed by atoms with Gasteiger partial charge >= 0.3 is 15.6 Å². The van der Waals surface area contributed by atoms with Crippen LogP contribution in [0.3, 0.4) is 0 Å². The SMILES string of the molecule is C=C(C)NOCCOS(=O)(=O)C(F)(F)F. The molecule has 15 heavy (non-hydrogen) atoms. The first-order chi connectivity index (χ1) is 6.67. The molecule has 0 heterocycles. The van der Waals surface area contributed by atoms with Crippen LogP contribution in [0.15, 0.2) is 12.3 Å². The molecule has 0 bridgehead atoms. The Labute approximate surface area is 84.9 Å². The van der Waals surface area contributed by atoms with Crippen LogP contribution in [-0.2, 0) is 19.1 Å². The van der Waals surface area contributed by atoms with Gasteiger partial charge in [-0.05, 0) is 6.92 Å². The van der Waals surface area contributed by atoms with Crippen LogP contribution in [0.4, 0.5) is 13.2 Å². The predicted octanol–water partition coefficient (Wildman–Crippen LogP) is 0.907. The highest BCUT2D eigenvalue weighted by Gasteiger charge is 2.47. The highest BCUT2D eigenvalue weighted by atomic mass is 32.2. The number of hydrogen-bond acceptors (Lipinski definition) is 5. The number of hydrogen-bond donors (Lipinski definition) is 1. The lowest BCUT2D eigenvalue weighted by Crippen LogP contribution is -2.27. The Balaban J connectivity index is 3.83. The van der Waals surface area contributed by atoms with E-state index in [0.717, 1.165) is 0 Å². The summed E-state index contributed by atoms with van der Waals surface area (Å²) in [6.07, 6.45) is 0. The minimum absolute atomic E-state index is 0.359. The van der Waals surface area contributed by atoms with E-state index in [1.807, 2.05) is 0 Å². The van der Waals surface area contributed by atoms with Crippen molar-refractivity contribution in [2.24, 2.45) is 0 Å². The zero-order chi connectivity index (χ0) is 12.1. The van der Waals surface area contributed by atoms with E-state index in [4.69, 9.17) is 0 Å². The Morgan fingerprint density at radius 3 is 2.33 bits per heavy atom. The summed E-state index contributed by atoms with van der Waals surface area (Å²) in [7, 11) is -5.53. The first kappa shape index (κ1) is 14.2. The van der Waals surface area contributed by atoms with E-state index in [2.05, 4.69) is 21.1 Å². The third-order valence-electron chi connectivity index (χ3n) is 0.954. The molecule has 0 saturated carbocycles. The fourth-order valence-electron chi connectivity index (χ4n) is 0.426. The maximum Gasteiger partial charge on any atom is 0.523 e. The van der Waals surface area contributed by atoms with Crippen molar-refractivity contribution in [1.29, 1.82) is 0 Å². The molecule has 9 heteroatoms. The molecule has 0 aliphatic carbocycles. The summed E-state index contributed by atoms with van der Waals surface area (Å²) >= 11 is 0. The van der Waals surface area contributed by atoms with E-state index in [1.165, 1.54) is 0 Å². The van der Waals surface area contributed by atoms with Crippen molar-refractivity contribution in [1.82, 2.24) is 5.48 Å². The maximum absolute atomic E-state index is 11.7. The van der Waals surface area contributed by atoms with Gasteiger partial charge in [-0.3, -0.25) is 14.5 Å². The number of nitrogens with one attached hydrogen (secondary N) is 1. The van der Waals surface area contributed by atoms with Crippen molar-refractivity contribution in [3.8, 4) is 0 Å². The first-order valence-electron chi connectivity index (χ1n) is 3.66. The average Bonchev–Trinajstić information content (AvgIpc) is 2.00. The van der Waals surface area contributed by atoms with Crippen LogP contribution in [0.5, 0.6) is 0 Å². The summed E-state index contributed by atoms with van der Waals surface area (Å²) in [5.41, 5.74) is -2.76. The molecule has 0 rings (SSSR count). The Kier molecular flexibility index (Phi) is 5.05. The highest BCUT2D eigenvalue weighted by molar-refractivity contribution is 7.87. The predicted molar refractivity (Wildman–Crippen MR) is 44.8 cm³/mol. The van der Waals surface area contributed by atoms with Gasteiger partial charge in [0.15, 0.2) is 0 Å². The molecule has 0 atom stereocenters. The molecule has 0 spiro atoms. The molecule has 0 aliphatic rings. The van der Waals surface area contributed by atoms with Crippen LogP contribution in [0, 0.1) is 0 Å². The fraction of sp³-hybridized carbons (Fsp3) is 0.667. The molecular weight excluding hydrogens is 239 g/mol. The van der Waals surface area contributed by atoms with Crippen LogP contribution in [0.1, 0.15) is 6.92 Å². The second kappa shape index (κ2) is 5.33. The largest absolute Gasteiger partial charge is 0.523 e. The average molecular weight is 249 g/mol. The Morgan fingerprint density at radius 1 is 1.40 bits per heavy atom. The lowest BCUT2D eigenvalue weighted by atomic mass is 10.6. The molecule has 0 aliphatic heterocycles. The van der Waals surface area contributed by atoms with E-state index >= 15 is 0 Å². The standard InChI is InChI=1S/C6H10F3NO4S/c1-5(2)10-13-3-4-14-15(11,12)6(7,8)9/h10H,1,3-4H2,2H3. The van der Waals surface area contributed by atoms with Crippen molar-refractivity contribution >= 4 is 10.1 Å². The highest BCUT2D eigenvalue weighted by Crippen LogP contribution is 2.24. The summed E-state index contributed by atoms with van der Waals surface area (Å²) in [6, 6.07) is 0. The van der Waals surface area contributed by atoms with Gasteiger partial charge in [0.2, 0.25) is 0 Å². The van der Waals surface area contributed by atoms with Gasteiger partial charge in [-0.2, -0.15) is 21.6 Å². The molecular formula is C6H10F3NO4S. The Hall–Kier alpha value is -0.800.